The zero-order valence-electron chi connectivity index (χ0n) is 13.1. The molecule has 0 N–H and O–H groups in total. The van der Waals surface area contributed by atoms with E-state index in [0.717, 1.165) is 0 Å². The van der Waals surface area contributed by atoms with Crippen LogP contribution in [-0.2, 0) is 13.0 Å². The van der Waals surface area contributed by atoms with Crippen LogP contribution < -0.4 is 0 Å². The minimum atomic E-state index is -0.262. The Morgan fingerprint density at radius 3 is 2.39 bits per heavy atom. The SMILES string of the molecule is CC(C)=CCn1nnc(CCN2C(=O)c3ccccc3C2=O)n1. The highest BCUT2D eigenvalue weighted by Gasteiger charge is 2.34. The number of hydrogen-bond donors (Lipinski definition) is 0. The van der Waals surface area contributed by atoms with Gasteiger partial charge in [0.05, 0.1) is 17.7 Å². The molecule has 23 heavy (non-hydrogen) atoms. The summed E-state index contributed by atoms with van der Waals surface area (Å²) in [6.07, 6.45) is 2.38. The number of amides is 2. The maximum Gasteiger partial charge on any atom is 0.261 e. The second-order valence-electron chi connectivity index (χ2n) is 5.60. The van der Waals surface area contributed by atoms with Crippen molar-refractivity contribution in [2.24, 2.45) is 0 Å². The lowest BCUT2D eigenvalue weighted by molar-refractivity contribution is 0.0655. The summed E-state index contributed by atoms with van der Waals surface area (Å²) in [4.78, 5) is 27.2. The highest BCUT2D eigenvalue weighted by Crippen LogP contribution is 2.22. The number of rotatable bonds is 5. The van der Waals surface area contributed by atoms with Crippen LogP contribution in [0.3, 0.4) is 0 Å². The molecule has 1 aromatic carbocycles. The summed E-state index contributed by atoms with van der Waals surface area (Å²) >= 11 is 0. The van der Waals surface area contributed by atoms with Gasteiger partial charge < -0.3 is 0 Å². The van der Waals surface area contributed by atoms with Gasteiger partial charge in [0.15, 0.2) is 5.82 Å². The highest BCUT2D eigenvalue weighted by molar-refractivity contribution is 6.21. The lowest BCUT2D eigenvalue weighted by Crippen LogP contribution is -2.32. The van der Waals surface area contributed by atoms with Crippen LogP contribution in [0.15, 0.2) is 35.9 Å². The Hall–Kier alpha value is -2.83. The molecule has 0 unspecified atom stereocenters. The number of hydrogen-bond acceptors (Lipinski definition) is 5. The monoisotopic (exact) mass is 311 g/mol. The Labute approximate surface area is 133 Å². The standard InChI is InChI=1S/C16H17N5O2/c1-11(2)7-10-21-18-14(17-19-21)8-9-20-15(22)12-5-3-4-6-13(12)16(20)23/h3-7H,8-10H2,1-2H3. The summed E-state index contributed by atoms with van der Waals surface area (Å²) in [5, 5.41) is 12.2. The summed E-state index contributed by atoms with van der Waals surface area (Å²) in [6.45, 7) is 4.81. The molecule has 0 radical (unpaired) electrons. The Morgan fingerprint density at radius 2 is 1.78 bits per heavy atom. The van der Waals surface area contributed by atoms with E-state index < -0.39 is 0 Å². The van der Waals surface area contributed by atoms with Gasteiger partial charge in [0.2, 0.25) is 0 Å². The van der Waals surface area contributed by atoms with Crippen LogP contribution in [0.25, 0.3) is 0 Å². The third-order valence-corrected chi connectivity index (χ3v) is 3.59. The molecular weight excluding hydrogens is 294 g/mol. The van der Waals surface area contributed by atoms with Crippen molar-refractivity contribution < 1.29 is 9.59 Å². The van der Waals surface area contributed by atoms with Crippen molar-refractivity contribution in [3.05, 3.63) is 52.9 Å². The summed E-state index contributed by atoms with van der Waals surface area (Å²) < 4.78 is 0. The minimum Gasteiger partial charge on any atom is -0.274 e. The largest absolute Gasteiger partial charge is 0.274 e. The summed E-state index contributed by atoms with van der Waals surface area (Å²) in [5.74, 6) is -0.00576. The van der Waals surface area contributed by atoms with Gasteiger partial charge in [-0.2, -0.15) is 4.80 Å². The van der Waals surface area contributed by atoms with Gasteiger partial charge in [-0.3, -0.25) is 14.5 Å². The molecule has 3 rings (SSSR count). The van der Waals surface area contributed by atoms with Crippen molar-refractivity contribution in [2.45, 2.75) is 26.8 Å². The minimum absolute atomic E-state index is 0.251. The van der Waals surface area contributed by atoms with E-state index in [2.05, 4.69) is 15.4 Å². The molecule has 1 aliphatic rings. The smallest absolute Gasteiger partial charge is 0.261 e. The number of imide groups is 1. The fraction of sp³-hybridized carbons (Fsp3) is 0.312. The van der Waals surface area contributed by atoms with E-state index in [-0.39, 0.29) is 18.4 Å². The van der Waals surface area contributed by atoms with Crippen molar-refractivity contribution in [3.63, 3.8) is 0 Å². The molecule has 0 fully saturated rings. The molecular formula is C16H17N5O2. The average molecular weight is 311 g/mol. The molecule has 1 aromatic heterocycles. The van der Waals surface area contributed by atoms with E-state index in [9.17, 15) is 9.59 Å². The first-order chi connectivity index (χ1) is 11.1. The van der Waals surface area contributed by atoms with E-state index >= 15 is 0 Å². The zero-order valence-corrected chi connectivity index (χ0v) is 13.1. The van der Waals surface area contributed by atoms with Gasteiger partial charge in [-0.25, -0.2) is 0 Å². The second kappa shape index (κ2) is 6.12. The van der Waals surface area contributed by atoms with Gasteiger partial charge in [0, 0.05) is 13.0 Å². The number of fused-ring (bicyclic) bond motifs is 1. The van der Waals surface area contributed by atoms with Crippen molar-refractivity contribution in [1.82, 2.24) is 25.1 Å². The summed E-state index contributed by atoms with van der Waals surface area (Å²) in [6, 6.07) is 6.85. The molecule has 1 aliphatic heterocycles. The van der Waals surface area contributed by atoms with Crippen LogP contribution in [-0.4, -0.2) is 43.5 Å². The molecule has 2 aromatic rings. The Bertz CT molecular complexity index is 754. The molecule has 0 atom stereocenters. The Morgan fingerprint density at radius 1 is 1.13 bits per heavy atom. The third kappa shape index (κ3) is 3.03. The number of carbonyl (C=O) groups excluding carboxylic acids is 2. The lowest BCUT2D eigenvalue weighted by atomic mass is 10.1. The number of nitrogens with zero attached hydrogens (tertiary/aromatic N) is 5. The topological polar surface area (TPSA) is 81.0 Å². The van der Waals surface area contributed by atoms with Gasteiger partial charge in [-0.15, -0.1) is 10.2 Å². The van der Waals surface area contributed by atoms with Crippen LogP contribution >= 0.6 is 0 Å². The molecule has 2 heterocycles. The van der Waals surface area contributed by atoms with Gasteiger partial charge in [-0.05, 0) is 31.2 Å². The lowest BCUT2D eigenvalue weighted by Gasteiger charge is -2.11. The van der Waals surface area contributed by atoms with Crippen LogP contribution in [0.5, 0.6) is 0 Å². The second-order valence-corrected chi connectivity index (χ2v) is 5.60. The van der Waals surface area contributed by atoms with Gasteiger partial charge in [-0.1, -0.05) is 23.8 Å². The molecule has 0 spiro atoms. The number of carbonyl (C=O) groups is 2. The number of tetrazole rings is 1. The molecule has 0 bridgehead atoms. The van der Waals surface area contributed by atoms with Crippen LogP contribution in [0.1, 0.15) is 40.4 Å². The first-order valence-corrected chi connectivity index (χ1v) is 7.41. The van der Waals surface area contributed by atoms with E-state index in [1.165, 1.54) is 15.3 Å². The van der Waals surface area contributed by atoms with E-state index in [0.29, 0.717) is 29.9 Å². The first-order valence-electron chi connectivity index (χ1n) is 7.41. The predicted molar refractivity (Wildman–Crippen MR) is 82.8 cm³/mol. The predicted octanol–water partition coefficient (Wildman–Crippen LogP) is 1.48. The number of allylic oxidation sites excluding steroid dienone is 2. The maximum atomic E-state index is 12.2. The summed E-state index contributed by atoms with van der Waals surface area (Å²) in [7, 11) is 0. The van der Waals surface area contributed by atoms with Crippen LogP contribution in [0.2, 0.25) is 0 Å². The molecule has 0 saturated carbocycles. The quantitative estimate of drug-likeness (QED) is 0.617. The first kappa shape index (κ1) is 15.1. The molecule has 118 valence electrons. The van der Waals surface area contributed by atoms with Gasteiger partial charge >= 0.3 is 0 Å². The molecule has 7 heteroatoms. The third-order valence-electron chi connectivity index (χ3n) is 3.59. The van der Waals surface area contributed by atoms with E-state index in [1.54, 1.807) is 24.3 Å². The van der Waals surface area contributed by atoms with Crippen LogP contribution in [0.4, 0.5) is 0 Å². The summed E-state index contributed by atoms with van der Waals surface area (Å²) in [5.41, 5.74) is 2.09. The number of aromatic nitrogens is 4. The number of benzene rings is 1. The van der Waals surface area contributed by atoms with Gasteiger partial charge in [0.1, 0.15) is 0 Å². The van der Waals surface area contributed by atoms with E-state index in [1.807, 2.05) is 19.9 Å². The van der Waals surface area contributed by atoms with Crippen molar-refractivity contribution in [3.8, 4) is 0 Å². The molecule has 7 nitrogen and oxygen atoms in total. The van der Waals surface area contributed by atoms with Crippen molar-refractivity contribution >= 4 is 11.8 Å². The maximum absolute atomic E-state index is 12.2. The Kier molecular flexibility index (Phi) is 4.01. The Balaban J connectivity index is 1.65. The average Bonchev–Trinajstić information content (AvgIpc) is 3.09. The molecule has 2 amide bonds. The molecule has 0 saturated heterocycles. The highest BCUT2D eigenvalue weighted by atomic mass is 16.2. The van der Waals surface area contributed by atoms with E-state index in [4.69, 9.17) is 0 Å². The normalized spacial score (nSPS) is 13.4. The van der Waals surface area contributed by atoms with Crippen LogP contribution in [0, 0.1) is 0 Å². The molecule has 0 aliphatic carbocycles. The zero-order chi connectivity index (χ0) is 16.4. The fourth-order valence-electron chi connectivity index (χ4n) is 2.37. The van der Waals surface area contributed by atoms with Crippen molar-refractivity contribution in [1.29, 1.82) is 0 Å². The van der Waals surface area contributed by atoms with Crippen molar-refractivity contribution in [2.75, 3.05) is 6.54 Å². The van der Waals surface area contributed by atoms with Gasteiger partial charge in [0.25, 0.3) is 11.8 Å². The fourth-order valence-corrected chi connectivity index (χ4v) is 2.37.